The van der Waals surface area contributed by atoms with Crippen molar-refractivity contribution in [1.29, 1.82) is 0 Å². The molecular formula is C14H9ClN4S. The number of nitrogen functional groups attached to an aromatic ring is 1. The molecule has 0 spiro atoms. The Labute approximate surface area is 123 Å². The fourth-order valence-corrected chi connectivity index (χ4v) is 3.15. The number of imidazole rings is 1. The average molecular weight is 301 g/mol. The smallest absolute Gasteiger partial charge is 0.181 e. The van der Waals surface area contributed by atoms with Crippen molar-refractivity contribution in [3.05, 3.63) is 41.4 Å². The second kappa shape index (κ2) is 4.19. The van der Waals surface area contributed by atoms with Crippen molar-refractivity contribution in [2.24, 2.45) is 0 Å². The Bertz CT molecular complexity index is 941. The van der Waals surface area contributed by atoms with Crippen molar-refractivity contribution in [1.82, 2.24) is 15.0 Å². The van der Waals surface area contributed by atoms with E-state index in [1.807, 2.05) is 36.4 Å². The molecule has 2 heterocycles. The van der Waals surface area contributed by atoms with Crippen LogP contribution < -0.4 is 5.73 Å². The monoisotopic (exact) mass is 300 g/mol. The Morgan fingerprint density at radius 2 is 1.90 bits per heavy atom. The lowest BCUT2D eigenvalue weighted by molar-refractivity contribution is 1.34. The van der Waals surface area contributed by atoms with E-state index in [2.05, 4.69) is 15.0 Å². The van der Waals surface area contributed by atoms with Gasteiger partial charge in [-0.25, -0.2) is 9.97 Å². The summed E-state index contributed by atoms with van der Waals surface area (Å²) in [6.45, 7) is 0. The van der Waals surface area contributed by atoms with Gasteiger partial charge in [0.15, 0.2) is 5.13 Å². The zero-order valence-electron chi connectivity index (χ0n) is 10.2. The van der Waals surface area contributed by atoms with Crippen LogP contribution in [0.25, 0.3) is 32.6 Å². The van der Waals surface area contributed by atoms with E-state index < -0.39 is 0 Å². The lowest BCUT2D eigenvalue weighted by Crippen LogP contribution is -1.80. The molecule has 2 aromatic carbocycles. The molecule has 0 fully saturated rings. The molecule has 0 amide bonds. The van der Waals surface area contributed by atoms with Gasteiger partial charge in [-0.15, -0.1) is 0 Å². The van der Waals surface area contributed by atoms with Crippen molar-refractivity contribution >= 4 is 49.3 Å². The molecule has 0 bridgehead atoms. The highest BCUT2D eigenvalue weighted by atomic mass is 35.5. The second-order valence-electron chi connectivity index (χ2n) is 4.48. The summed E-state index contributed by atoms with van der Waals surface area (Å²) in [6.07, 6.45) is 0. The summed E-state index contributed by atoms with van der Waals surface area (Å²) in [5.41, 5.74) is 9.47. The number of hydrogen-bond acceptors (Lipinski definition) is 4. The van der Waals surface area contributed by atoms with Gasteiger partial charge in [-0.1, -0.05) is 22.9 Å². The van der Waals surface area contributed by atoms with Gasteiger partial charge in [0.05, 0.1) is 21.3 Å². The fourth-order valence-electron chi connectivity index (χ4n) is 2.21. The second-order valence-corrected chi connectivity index (χ2v) is 5.98. The number of hydrogen-bond donors (Lipinski definition) is 2. The molecule has 4 aromatic rings. The van der Waals surface area contributed by atoms with Gasteiger partial charge in [0.1, 0.15) is 5.82 Å². The van der Waals surface area contributed by atoms with E-state index in [-0.39, 0.29) is 0 Å². The lowest BCUT2D eigenvalue weighted by atomic mass is 10.2. The Morgan fingerprint density at radius 1 is 1.05 bits per heavy atom. The highest BCUT2D eigenvalue weighted by molar-refractivity contribution is 7.22. The third-order valence-electron chi connectivity index (χ3n) is 3.12. The Balaban J connectivity index is 1.90. The number of halogens is 1. The summed E-state index contributed by atoms with van der Waals surface area (Å²) < 4.78 is 1.05. The normalized spacial score (nSPS) is 11.4. The van der Waals surface area contributed by atoms with Crippen LogP contribution in [-0.4, -0.2) is 15.0 Å². The predicted molar refractivity (Wildman–Crippen MR) is 84.1 cm³/mol. The van der Waals surface area contributed by atoms with E-state index in [1.54, 1.807) is 0 Å². The van der Waals surface area contributed by atoms with Crippen molar-refractivity contribution in [3.8, 4) is 11.4 Å². The average Bonchev–Trinajstić information content (AvgIpc) is 2.99. The van der Waals surface area contributed by atoms with E-state index in [9.17, 15) is 0 Å². The summed E-state index contributed by atoms with van der Waals surface area (Å²) in [4.78, 5) is 12.1. The molecule has 20 heavy (non-hydrogen) atoms. The number of aromatic amines is 1. The number of nitrogens with zero attached hydrogens (tertiary/aromatic N) is 2. The third kappa shape index (κ3) is 1.83. The van der Waals surface area contributed by atoms with Crippen LogP contribution in [0.1, 0.15) is 0 Å². The molecule has 6 heteroatoms. The highest BCUT2D eigenvalue weighted by Crippen LogP contribution is 2.29. The van der Waals surface area contributed by atoms with E-state index >= 15 is 0 Å². The minimum Gasteiger partial charge on any atom is -0.375 e. The molecule has 0 radical (unpaired) electrons. The van der Waals surface area contributed by atoms with Crippen molar-refractivity contribution in [3.63, 3.8) is 0 Å². The van der Waals surface area contributed by atoms with Gasteiger partial charge in [-0.3, -0.25) is 0 Å². The van der Waals surface area contributed by atoms with Crippen LogP contribution in [0.4, 0.5) is 5.13 Å². The maximum absolute atomic E-state index is 5.99. The fraction of sp³-hybridized carbons (Fsp3) is 0. The largest absolute Gasteiger partial charge is 0.375 e. The molecule has 0 atom stereocenters. The van der Waals surface area contributed by atoms with E-state index in [0.29, 0.717) is 10.2 Å². The third-order valence-corrected chi connectivity index (χ3v) is 4.20. The molecule has 0 saturated heterocycles. The molecule has 4 nitrogen and oxygen atoms in total. The minimum absolute atomic E-state index is 0.577. The molecule has 0 saturated carbocycles. The number of H-pyrrole nitrogens is 1. The van der Waals surface area contributed by atoms with Crippen LogP contribution in [0, 0.1) is 0 Å². The van der Waals surface area contributed by atoms with Crippen LogP contribution in [0.5, 0.6) is 0 Å². The SMILES string of the molecule is Nc1nc2ccc(-c3nc4ccc(Cl)cc4[nH]3)cc2s1. The molecule has 0 aliphatic rings. The van der Waals surface area contributed by atoms with Gasteiger partial charge < -0.3 is 10.7 Å². The minimum atomic E-state index is 0.577. The van der Waals surface area contributed by atoms with Crippen molar-refractivity contribution < 1.29 is 0 Å². The summed E-state index contributed by atoms with van der Waals surface area (Å²) in [5.74, 6) is 0.816. The number of fused-ring (bicyclic) bond motifs is 2. The Kier molecular flexibility index (Phi) is 2.45. The molecule has 0 aliphatic carbocycles. The van der Waals surface area contributed by atoms with Gasteiger partial charge >= 0.3 is 0 Å². The van der Waals surface area contributed by atoms with Crippen LogP contribution in [0.3, 0.4) is 0 Å². The number of rotatable bonds is 1. The predicted octanol–water partition coefficient (Wildman–Crippen LogP) is 4.08. The quantitative estimate of drug-likeness (QED) is 0.556. The number of nitrogens with two attached hydrogens (primary N) is 1. The Morgan fingerprint density at radius 3 is 2.80 bits per heavy atom. The summed E-state index contributed by atoms with van der Waals surface area (Å²) in [6, 6.07) is 11.6. The van der Waals surface area contributed by atoms with Gasteiger partial charge in [0.2, 0.25) is 0 Å². The van der Waals surface area contributed by atoms with Crippen LogP contribution in [0.2, 0.25) is 5.02 Å². The summed E-state index contributed by atoms with van der Waals surface area (Å²) in [5, 5.41) is 1.27. The van der Waals surface area contributed by atoms with E-state index in [4.69, 9.17) is 17.3 Å². The molecule has 4 rings (SSSR count). The van der Waals surface area contributed by atoms with Crippen LogP contribution in [-0.2, 0) is 0 Å². The summed E-state index contributed by atoms with van der Waals surface area (Å²) in [7, 11) is 0. The highest BCUT2D eigenvalue weighted by Gasteiger charge is 2.08. The first kappa shape index (κ1) is 11.7. The molecule has 0 aliphatic heterocycles. The first-order valence-corrected chi connectivity index (χ1v) is 7.20. The van der Waals surface area contributed by atoms with Gasteiger partial charge in [0.25, 0.3) is 0 Å². The number of anilines is 1. The zero-order valence-corrected chi connectivity index (χ0v) is 11.8. The zero-order chi connectivity index (χ0) is 13.7. The van der Waals surface area contributed by atoms with Gasteiger partial charge in [0, 0.05) is 10.6 Å². The number of benzene rings is 2. The lowest BCUT2D eigenvalue weighted by Gasteiger charge is -1.95. The van der Waals surface area contributed by atoms with Gasteiger partial charge in [-0.2, -0.15) is 0 Å². The first-order chi connectivity index (χ1) is 9.69. The molecule has 2 aromatic heterocycles. The maximum atomic E-state index is 5.99. The number of aromatic nitrogens is 3. The summed E-state index contributed by atoms with van der Waals surface area (Å²) >= 11 is 7.46. The maximum Gasteiger partial charge on any atom is 0.181 e. The standard InChI is InChI=1S/C14H9ClN4S/c15-8-2-4-9-11(6-8)18-13(17-9)7-1-3-10-12(5-7)20-14(16)19-10/h1-6H,(H2,16,19)(H,17,18). The van der Waals surface area contributed by atoms with Gasteiger partial charge in [-0.05, 0) is 36.4 Å². The number of nitrogens with one attached hydrogen (secondary N) is 1. The number of thiazole rings is 1. The molecule has 98 valence electrons. The van der Waals surface area contributed by atoms with E-state index in [1.165, 1.54) is 11.3 Å². The van der Waals surface area contributed by atoms with Crippen molar-refractivity contribution in [2.75, 3.05) is 5.73 Å². The van der Waals surface area contributed by atoms with Crippen LogP contribution in [0.15, 0.2) is 36.4 Å². The van der Waals surface area contributed by atoms with Crippen LogP contribution >= 0.6 is 22.9 Å². The van der Waals surface area contributed by atoms with E-state index in [0.717, 1.165) is 32.6 Å². The molecular weight excluding hydrogens is 292 g/mol. The molecule has 0 unspecified atom stereocenters. The van der Waals surface area contributed by atoms with Crippen molar-refractivity contribution in [2.45, 2.75) is 0 Å². The molecule has 3 N–H and O–H groups in total. The first-order valence-electron chi connectivity index (χ1n) is 6.01. The topological polar surface area (TPSA) is 67.6 Å². The Hall–Kier alpha value is -2.11.